The van der Waals surface area contributed by atoms with Crippen molar-refractivity contribution in [3.63, 3.8) is 0 Å². The molecule has 0 spiro atoms. The lowest BCUT2D eigenvalue weighted by molar-refractivity contribution is -0.0241. The molecule has 34 heavy (non-hydrogen) atoms. The number of nitrogen functional groups attached to an aromatic ring is 2. The summed E-state index contributed by atoms with van der Waals surface area (Å²) in [5, 5.41) is 22.9. The molecule has 3 aromatic heterocycles. The van der Waals surface area contributed by atoms with Gasteiger partial charge in [-0.1, -0.05) is 6.92 Å². The maximum absolute atomic E-state index is 14.7. The number of nitrogens with zero attached hydrogens (tertiary/aromatic N) is 4. The highest BCUT2D eigenvalue weighted by Crippen LogP contribution is 2.48. The van der Waals surface area contributed by atoms with E-state index in [0.29, 0.717) is 45.7 Å². The molecule has 8 nitrogen and oxygen atoms in total. The lowest BCUT2D eigenvalue weighted by Gasteiger charge is -2.28. The lowest BCUT2D eigenvalue weighted by Crippen LogP contribution is -2.35. The molecule has 0 radical (unpaired) electrons. The normalized spacial score (nSPS) is 24.9. The van der Waals surface area contributed by atoms with Gasteiger partial charge in [0.25, 0.3) is 0 Å². The SMILES string of the molecule is C[C@]1(CCc2cc(F)c3cc(Br)c(N)nc3c2)C[C@@H](n2ccc3c(N)nc(Cl)nc32)[C@H](O)[C@@H]1O. The van der Waals surface area contributed by atoms with Crippen LogP contribution in [0.1, 0.15) is 31.4 Å². The number of anilines is 2. The van der Waals surface area contributed by atoms with Crippen LogP contribution in [0.4, 0.5) is 16.0 Å². The molecule has 6 N–H and O–H groups in total. The van der Waals surface area contributed by atoms with Crippen LogP contribution in [0.2, 0.25) is 5.28 Å². The minimum Gasteiger partial charge on any atom is -0.390 e. The van der Waals surface area contributed by atoms with E-state index in [1.807, 2.05) is 6.92 Å². The molecule has 0 bridgehead atoms. The summed E-state index contributed by atoms with van der Waals surface area (Å²) >= 11 is 9.28. The average Bonchev–Trinajstić information content (AvgIpc) is 3.29. The van der Waals surface area contributed by atoms with Gasteiger partial charge in [0, 0.05) is 11.6 Å². The topological polar surface area (TPSA) is 136 Å². The summed E-state index contributed by atoms with van der Waals surface area (Å²) < 4.78 is 17.1. The minimum atomic E-state index is -1.03. The summed E-state index contributed by atoms with van der Waals surface area (Å²) in [6.07, 6.45) is 1.25. The van der Waals surface area contributed by atoms with E-state index in [4.69, 9.17) is 23.1 Å². The Bertz CT molecular complexity index is 1430. The first kappa shape index (κ1) is 23.2. The number of benzene rings is 1. The van der Waals surface area contributed by atoms with Gasteiger partial charge in [0.15, 0.2) is 0 Å². The highest BCUT2D eigenvalue weighted by atomic mass is 79.9. The van der Waals surface area contributed by atoms with Crippen molar-refractivity contribution in [3.8, 4) is 0 Å². The first-order valence-electron chi connectivity index (χ1n) is 10.8. The predicted octanol–water partition coefficient (Wildman–Crippen LogP) is 4.00. The predicted molar refractivity (Wildman–Crippen MR) is 133 cm³/mol. The van der Waals surface area contributed by atoms with Crippen LogP contribution in [-0.2, 0) is 6.42 Å². The number of aryl methyl sites for hydroxylation is 1. The van der Waals surface area contributed by atoms with Gasteiger partial charge in [-0.15, -0.1) is 0 Å². The van der Waals surface area contributed by atoms with Crippen molar-refractivity contribution in [2.24, 2.45) is 5.41 Å². The molecule has 1 aromatic carbocycles. The first-order valence-corrected chi connectivity index (χ1v) is 11.9. The van der Waals surface area contributed by atoms with Crippen LogP contribution in [0.25, 0.3) is 21.9 Å². The maximum atomic E-state index is 14.7. The van der Waals surface area contributed by atoms with Gasteiger partial charge in [0.2, 0.25) is 5.28 Å². The molecule has 0 amide bonds. The van der Waals surface area contributed by atoms with Crippen LogP contribution >= 0.6 is 27.5 Å². The van der Waals surface area contributed by atoms with Crippen molar-refractivity contribution < 1.29 is 14.6 Å². The Morgan fingerprint density at radius 2 is 1.94 bits per heavy atom. The van der Waals surface area contributed by atoms with Crippen molar-refractivity contribution in [1.29, 1.82) is 0 Å². The van der Waals surface area contributed by atoms with E-state index in [-0.39, 0.29) is 22.7 Å². The van der Waals surface area contributed by atoms with Crippen molar-refractivity contribution in [1.82, 2.24) is 19.5 Å². The number of aromatic nitrogens is 4. The number of hydrogen-bond acceptors (Lipinski definition) is 7. The molecule has 1 aliphatic rings. The highest BCUT2D eigenvalue weighted by molar-refractivity contribution is 9.10. The Morgan fingerprint density at radius 3 is 2.71 bits per heavy atom. The van der Waals surface area contributed by atoms with E-state index in [2.05, 4.69) is 30.9 Å². The summed E-state index contributed by atoms with van der Waals surface area (Å²) in [6, 6.07) is 6.23. The fourth-order valence-electron chi connectivity index (χ4n) is 5.00. The van der Waals surface area contributed by atoms with Crippen molar-refractivity contribution in [2.45, 2.75) is 44.4 Å². The molecule has 4 atom stereocenters. The van der Waals surface area contributed by atoms with E-state index in [0.717, 1.165) is 5.56 Å². The van der Waals surface area contributed by atoms with Crippen molar-refractivity contribution in [2.75, 3.05) is 11.5 Å². The fourth-order valence-corrected chi connectivity index (χ4v) is 5.49. The first-order chi connectivity index (χ1) is 16.1. The Labute approximate surface area is 207 Å². The molecule has 5 rings (SSSR count). The van der Waals surface area contributed by atoms with Gasteiger partial charge in [-0.05, 0) is 82.0 Å². The number of aliphatic hydroxyl groups excluding tert-OH is 2. The Kier molecular flexibility index (Phi) is 5.67. The molecule has 3 heterocycles. The smallest absolute Gasteiger partial charge is 0.226 e. The Hall–Kier alpha value is -2.53. The monoisotopic (exact) mass is 548 g/mol. The van der Waals surface area contributed by atoms with Gasteiger partial charge in [0.05, 0.1) is 27.5 Å². The second-order valence-electron chi connectivity index (χ2n) is 9.20. The van der Waals surface area contributed by atoms with Crippen molar-refractivity contribution in [3.05, 3.63) is 51.6 Å². The minimum absolute atomic E-state index is 0.0142. The average molecular weight is 550 g/mol. The van der Waals surface area contributed by atoms with Crippen LogP contribution in [0.5, 0.6) is 0 Å². The summed E-state index contributed by atoms with van der Waals surface area (Å²) in [5.41, 5.74) is 12.9. The van der Waals surface area contributed by atoms with Crippen LogP contribution in [-0.4, -0.2) is 41.9 Å². The van der Waals surface area contributed by atoms with Crippen molar-refractivity contribution >= 4 is 61.1 Å². The number of hydrogen-bond donors (Lipinski definition) is 4. The molecule has 178 valence electrons. The molecule has 1 saturated carbocycles. The number of pyridine rings is 1. The molecule has 1 aliphatic carbocycles. The zero-order chi connectivity index (χ0) is 24.4. The summed E-state index contributed by atoms with van der Waals surface area (Å²) in [5.74, 6) is 0.157. The molecule has 0 saturated heterocycles. The number of aliphatic hydroxyl groups is 2. The molecule has 0 aliphatic heterocycles. The lowest BCUT2D eigenvalue weighted by atomic mass is 9.80. The van der Waals surface area contributed by atoms with E-state index in [1.165, 1.54) is 6.07 Å². The van der Waals surface area contributed by atoms with Crippen LogP contribution < -0.4 is 11.5 Å². The third-order valence-corrected chi connectivity index (χ3v) is 7.75. The van der Waals surface area contributed by atoms with E-state index >= 15 is 0 Å². The molecule has 1 fully saturated rings. The van der Waals surface area contributed by atoms with Gasteiger partial charge in [-0.25, -0.2) is 14.4 Å². The van der Waals surface area contributed by atoms with Gasteiger partial charge in [-0.3, -0.25) is 0 Å². The number of nitrogens with two attached hydrogens (primary N) is 2. The third kappa shape index (κ3) is 3.78. The molecule has 0 unspecified atom stereocenters. The highest BCUT2D eigenvalue weighted by Gasteiger charge is 2.50. The zero-order valence-electron chi connectivity index (χ0n) is 18.2. The van der Waals surface area contributed by atoms with Gasteiger partial charge < -0.3 is 26.2 Å². The van der Waals surface area contributed by atoms with Crippen LogP contribution in [0, 0.1) is 11.2 Å². The second-order valence-corrected chi connectivity index (χ2v) is 10.4. The van der Waals surface area contributed by atoms with E-state index in [1.54, 1.807) is 29.0 Å². The standard InChI is InChI=1S/C23H23BrClFN6O2/c1-23(4-2-10-6-14(26)12-8-13(24)20(28)29-15(12)7-10)9-16(17(33)18(23)34)32-5-3-11-19(27)30-22(25)31-21(11)32/h3,5-8,16-18,33-34H,2,4,9H2,1H3,(H2,28,29)(H2,27,30,31)/t16-,17+,18+,23+/m1/s1. The fraction of sp³-hybridized carbons (Fsp3) is 0.348. The largest absolute Gasteiger partial charge is 0.390 e. The number of halogens is 3. The van der Waals surface area contributed by atoms with Gasteiger partial charge >= 0.3 is 0 Å². The number of fused-ring (bicyclic) bond motifs is 2. The summed E-state index contributed by atoms with van der Waals surface area (Å²) in [6.45, 7) is 1.92. The van der Waals surface area contributed by atoms with Crippen LogP contribution in [0.3, 0.4) is 0 Å². The Morgan fingerprint density at radius 1 is 1.18 bits per heavy atom. The Balaban J connectivity index is 1.41. The molecule has 4 aromatic rings. The third-order valence-electron chi connectivity index (χ3n) is 6.95. The van der Waals surface area contributed by atoms with Crippen LogP contribution in [0.15, 0.2) is 34.9 Å². The molecular weight excluding hydrogens is 527 g/mol. The van der Waals surface area contributed by atoms with Gasteiger partial charge in [-0.2, -0.15) is 4.98 Å². The summed E-state index contributed by atoms with van der Waals surface area (Å²) in [4.78, 5) is 12.5. The number of rotatable bonds is 4. The molecule has 11 heteroatoms. The quantitative estimate of drug-likeness (QED) is 0.282. The zero-order valence-corrected chi connectivity index (χ0v) is 20.6. The maximum Gasteiger partial charge on any atom is 0.226 e. The van der Waals surface area contributed by atoms with E-state index < -0.39 is 23.7 Å². The second kappa shape index (κ2) is 8.30. The van der Waals surface area contributed by atoms with E-state index in [9.17, 15) is 14.6 Å². The molecular formula is C23H23BrClFN6O2. The summed E-state index contributed by atoms with van der Waals surface area (Å²) in [7, 11) is 0. The van der Waals surface area contributed by atoms with Gasteiger partial charge in [0.1, 0.15) is 29.2 Å².